The normalized spacial score (nSPS) is 30.6. The lowest BCUT2D eigenvalue weighted by Crippen LogP contribution is -2.41. The molecule has 2 aromatic rings. The summed E-state index contributed by atoms with van der Waals surface area (Å²) in [5.41, 5.74) is 4.00. The number of nitrogens with zero attached hydrogens (tertiary/aromatic N) is 4. The van der Waals surface area contributed by atoms with Crippen LogP contribution in [-0.4, -0.2) is 66.1 Å². The van der Waals surface area contributed by atoms with E-state index in [-0.39, 0.29) is 5.82 Å². The largest absolute Gasteiger partial charge is 0.394 e. The minimum Gasteiger partial charge on any atom is -0.394 e. The lowest BCUT2D eigenvalue weighted by Gasteiger charge is -2.21. The third kappa shape index (κ3) is 5.00. The van der Waals surface area contributed by atoms with Crippen LogP contribution in [0, 0.1) is 12.8 Å². The molecule has 2 saturated heterocycles. The molecular weight excluding hydrogens is 494 g/mol. The lowest BCUT2D eigenvalue weighted by atomic mass is 9.98. The molecule has 36 heavy (non-hydrogen) atoms. The highest BCUT2D eigenvalue weighted by molar-refractivity contribution is 5.23. The minimum atomic E-state index is -3.71. The Morgan fingerprint density at radius 3 is 2.00 bits per heavy atom. The highest BCUT2D eigenvalue weighted by Gasteiger charge is 2.59. The minimum absolute atomic E-state index is 0.114. The van der Waals surface area contributed by atoms with E-state index in [9.17, 15) is 32.3 Å². The van der Waals surface area contributed by atoms with Crippen LogP contribution < -0.4 is 17.1 Å². The van der Waals surface area contributed by atoms with Gasteiger partial charge in [0.2, 0.25) is 12.5 Å². The van der Waals surface area contributed by atoms with Crippen LogP contribution in [0.15, 0.2) is 34.1 Å². The number of hydrogen-bond donors (Lipinski definition) is 3. The van der Waals surface area contributed by atoms with Crippen molar-refractivity contribution in [2.45, 2.75) is 69.8 Å². The Morgan fingerprint density at radius 1 is 1.00 bits per heavy atom. The summed E-state index contributed by atoms with van der Waals surface area (Å²) in [6, 6.07) is 2.67. The molecule has 0 spiro atoms. The van der Waals surface area contributed by atoms with E-state index in [1.807, 2.05) is 0 Å². The second-order valence-electron chi connectivity index (χ2n) is 8.53. The zero-order chi connectivity index (χ0) is 27.0. The average Bonchev–Trinajstić information content (AvgIpc) is 3.17. The number of hydrogen-bond acceptors (Lipinski definition) is 9. The molecule has 0 saturated carbocycles. The van der Waals surface area contributed by atoms with Crippen LogP contribution in [0.5, 0.6) is 0 Å². The van der Waals surface area contributed by atoms with Crippen molar-refractivity contribution in [2.75, 3.05) is 12.3 Å². The number of nitrogens with two attached hydrogens (primary N) is 1. The van der Waals surface area contributed by atoms with Crippen LogP contribution in [0.3, 0.4) is 0 Å². The van der Waals surface area contributed by atoms with Gasteiger partial charge in [-0.05, 0) is 25.5 Å². The van der Waals surface area contributed by atoms with E-state index >= 15 is 0 Å². The number of aryl methyl sites for hydroxylation is 1. The maximum atomic E-state index is 14.1. The Morgan fingerprint density at radius 2 is 1.53 bits per heavy atom. The standard InChI is InChI=1S/C12H16F2N2O2.C9H11F2N3O4/c1-4-9-8(3)12(13,14)10(18-9)16-6-5-7(2)15-11(16)17;10-9(11)6(16)4(3-15)18-7(9)14-2-1-5(12)13-8(14)17/h5-6,8-10H,4H2,1-3H3;1-2,4,6-7,15-16H,3H2,(H2,12,13,17)/t8-,9+,10+;4-,6+,7-/m01/s1. The van der Waals surface area contributed by atoms with Crippen molar-refractivity contribution in [1.82, 2.24) is 19.1 Å². The lowest BCUT2D eigenvalue weighted by molar-refractivity contribution is -0.140. The summed E-state index contributed by atoms with van der Waals surface area (Å²) < 4.78 is 67.1. The van der Waals surface area contributed by atoms with Crippen molar-refractivity contribution < 1.29 is 37.2 Å². The number of nitrogen functional groups attached to an aromatic ring is 1. The number of halogens is 4. The quantitative estimate of drug-likeness (QED) is 0.497. The number of ether oxygens (including phenoxy) is 2. The molecule has 0 unspecified atom stereocenters. The number of alkyl halides is 4. The van der Waals surface area contributed by atoms with E-state index in [4.69, 9.17) is 20.3 Å². The van der Waals surface area contributed by atoms with Crippen molar-refractivity contribution in [1.29, 1.82) is 0 Å². The predicted octanol–water partition coefficient (Wildman–Crippen LogP) is 0.842. The first-order chi connectivity index (χ1) is 16.7. The van der Waals surface area contributed by atoms with E-state index < -0.39 is 66.5 Å². The molecule has 0 aromatic carbocycles. The van der Waals surface area contributed by atoms with Gasteiger partial charge >= 0.3 is 17.3 Å². The van der Waals surface area contributed by atoms with Crippen LogP contribution in [0.2, 0.25) is 0 Å². The first-order valence-electron chi connectivity index (χ1n) is 11.0. The number of aliphatic hydroxyl groups is 2. The van der Waals surface area contributed by atoms with Gasteiger partial charge in [0.15, 0.2) is 6.10 Å². The molecule has 0 amide bonds. The van der Waals surface area contributed by atoms with Gasteiger partial charge in [-0.3, -0.25) is 9.13 Å². The van der Waals surface area contributed by atoms with Crippen LogP contribution in [0.1, 0.15) is 38.4 Å². The van der Waals surface area contributed by atoms with E-state index in [2.05, 4.69) is 9.97 Å². The Kier molecular flexibility index (Phi) is 7.88. The molecular formula is C21H27F4N5O6. The number of anilines is 1. The number of rotatable bonds is 4. The van der Waals surface area contributed by atoms with E-state index in [1.165, 1.54) is 19.2 Å². The van der Waals surface area contributed by atoms with E-state index in [1.54, 1.807) is 13.8 Å². The smallest absolute Gasteiger partial charge is 0.351 e. The second-order valence-corrected chi connectivity index (χ2v) is 8.53. The molecule has 0 bridgehead atoms. The number of aromatic nitrogens is 4. The second kappa shape index (κ2) is 10.2. The van der Waals surface area contributed by atoms with Crippen molar-refractivity contribution in [3.05, 3.63) is 51.2 Å². The Balaban J connectivity index is 0.000000201. The van der Waals surface area contributed by atoms with Gasteiger partial charge in [0, 0.05) is 18.1 Å². The van der Waals surface area contributed by atoms with Gasteiger partial charge < -0.3 is 25.4 Å². The zero-order valence-corrected chi connectivity index (χ0v) is 19.6. The number of aliphatic hydroxyl groups excluding tert-OH is 2. The first-order valence-corrected chi connectivity index (χ1v) is 11.0. The molecule has 2 aromatic heterocycles. The predicted molar refractivity (Wildman–Crippen MR) is 116 cm³/mol. The fourth-order valence-electron chi connectivity index (χ4n) is 3.95. The highest BCUT2D eigenvalue weighted by atomic mass is 19.3. The molecule has 4 heterocycles. The molecule has 2 fully saturated rings. The van der Waals surface area contributed by atoms with Crippen LogP contribution in [0.4, 0.5) is 23.4 Å². The van der Waals surface area contributed by atoms with Crippen molar-refractivity contribution >= 4 is 5.82 Å². The van der Waals surface area contributed by atoms with Crippen LogP contribution >= 0.6 is 0 Å². The molecule has 15 heteroatoms. The van der Waals surface area contributed by atoms with Crippen molar-refractivity contribution in [3.63, 3.8) is 0 Å². The third-order valence-electron chi connectivity index (χ3n) is 6.09. The average molecular weight is 521 g/mol. The molecule has 0 aliphatic carbocycles. The summed E-state index contributed by atoms with van der Waals surface area (Å²) in [5, 5.41) is 18.1. The fraction of sp³-hybridized carbons (Fsp3) is 0.619. The molecule has 0 radical (unpaired) electrons. The molecule has 2 aliphatic heterocycles. The van der Waals surface area contributed by atoms with Gasteiger partial charge in [-0.1, -0.05) is 13.8 Å². The van der Waals surface area contributed by atoms with Crippen LogP contribution in [-0.2, 0) is 9.47 Å². The maximum Gasteiger partial charge on any atom is 0.351 e. The summed E-state index contributed by atoms with van der Waals surface area (Å²) in [6.45, 7) is 4.08. The summed E-state index contributed by atoms with van der Waals surface area (Å²) in [6.07, 6.45) is -4.99. The Labute approximate surface area is 202 Å². The summed E-state index contributed by atoms with van der Waals surface area (Å²) in [5.74, 6) is -7.81. The maximum absolute atomic E-state index is 14.1. The zero-order valence-electron chi connectivity index (χ0n) is 19.6. The monoisotopic (exact) mass is 521 g/mol. The highest BCUT2D eigenvalue weighted by Crippen LogP contribution is 2.47. The first kappa shape index (κ1) is 27.7. The van der Waals surface area contributed by atoms with Gasteiger partial charge in [0.1, 0.15) is 11.9 Å². The van der Waals surface area contributed by atoms with Gasteiger partial charge in [0.25, 0.3) is 5.92 Å². The van der Waals surface area contributed by atoms with Gasteiger partial charge in [-0.15, -0.1) is 0 Å². The van der Waals surface area contributed by atoms with Crippen LogP contribution in [0.25, 0.3) is 0 Å². The molecule has 2 aliphatic rings. The van der Waals surface area contributed by atoms with Gasteiger partial charge in [-0.25, -0.2) is 18.4 Å². The van der Waals surface area contributed by atoms with Gasteiger partial charge in [0.05, 0.1) is 18.6 Å². The van der Waals surface area contributed by atoms with E-state index in [0.29, 0.717) is 16.7 Å². The molecule has 4 N–H and O–H groups in total. The summed E-state index contributed by atoms with van der Waals surface area (Å²) in [4.78, 5) is 30.0. The molecule has 200 valence electrons. The molecule has 4 rings (SSSR count). The van der Waals surface area contributed by atoms with Crippen molar-refractivity contribution in [2.24, 2.45) is 5.92 Å². The third-order valence-corrected chi connectivity index (χ3v) is 6.09. The summed E-state index contributed by atoms with van der Waals surface area (Å²) in [7, 11) is 0. The topological polar surface area (TPSA) is 155 Å². The fourth-order valence-corrected chi connectivity index (χ4v) is 3.95. The Bertz CT molecular complexity index is 1100. The summed E-state index contributed by atoms with van der Waals surface area (Å²) >= 11 is 0. The SMILES string of the molecule is CC[C@H]1O[C@@H](n2ccc(C)nc2=O)C(F)(F)[C@H]1C.Nc1ccn([C@@H]2O[C@H](CO)[C@H](O)C2(F)F)c(=O)n1. The van der Waals surface area contributed by atoms with Crippen molar-refractivity contribution in [3.8, 4) is 0 Å². The molecule has 11 nitrogen and oxygen atoms in total. The Hall–Kier alpha value is -2.88. The van der Waals surface area contributed by atoms with Gasteiger partial charge in [-0.2, -0.15) is 18.7 Å². The van der Waals surface area contributed by atoms with E-state index in [0.717, 1.165) is 16.8 Å². The molecule has 6 atom stereocenters.